The number of amidine groups is 1. The second-order valence-corrected chi connectivity index (χ2v) is 4.42. The Balaban J connectivity index is 2.37. The minimum Gasteiger partial charge on any atom is -0.384 e. The van der Waals surface area contributed by atoms with E-state index in [4.69, 9.17) is 11.1 Å². The lowest BCUT2D eigenvalue weighted by Crippen LogP contribution is -2.15. The molecule has 0 aliphatic heterocycles. The van der Waals surface area contributed by atoms with Crippen molar-refractivity contribution in [2.75, 3.05) is 11.9 Å². The van der Waals surface area contributed by atoms with Gasteiger partial charge in [-0.15, -0.1) is 0 Å². The summed E-state index contributed by atoms with van der Waals surface area (Å²) < 4.78 is 0. The molecule has 19 heavy (non-hydrogen) atoms. The molecule has 0 fully saturated rings. The monoisotopic (exact) mass is 255 g/mol. The summed E-state index contributed by atoms with van der Waals surface area (Å²) in [6, 6.07) is 7.49. The van der Waals surface area contributed by atoms with Gasteiger partial charge in [0.15, 0.2) is 5.82 Å². The molecule has 1 aromatic heterocycles. The molecular weight excluding hydrogens is 238 g/mol. The van der Waals surface area contributed by atoms with Crippen molar-refractivity contribution in [3.05, 3.63) is 47.4 Å². The molecule has 0 saturated carbocycles. The molecule has 0 radical (unpaired) electrons. The van der Waals surface area contributed by atoms with E-state index in [2.05, 4.69) is 9.97 Å². The number of aryl methyl sites for hydroxylation is 2. The van der Waals surface area contributed by atoms with Gasteiger partial charge in [0.05, 0.1) is 17.6 Å². The Kier molecular flexibility index (Phi) is 3.46. The van der Waals surface area contributed by atoms with E-state index in [1.807, 2.05) is 50.1 Å². The second kappa shape index (κ2) is 5.06. The highest BCUT2D eigenvalue weighted by molar-refractivity contribution is 5.95. The zero-order valence-electron chi connectivity index (χ0n) is 11.3. The second-order valence-electron chi connectivity index (χ2n) is 4.42. The van der Waals surface area contributed by atoms with E-state index in [-0.39, 0.29) is 5.84 Å². The highest BCUT2D eigenvalue weighted by atomic mass is 15.2. The van der Waals surface area contributed by atoms with E-state index < -0.39 is 0 Å². The number of nitrogens with zero attached hydrogens (tertiary/aromatic N) is 3. The molecule has 5 nitrogen and oxygen atoms in total. The standard InChI is InChI=1S/C14H17N5/c1-9-10(2)18-13(8-17-9)19(3)12-6-4-5-11(7-12)14(15)16/h4-8H,1-3H3,(H3,15,16). The van der Waals surface area contributed by atoms with Gasteiger partial charge < -0.3 is 10.6 Å². The third-order valence-corrected chi connectivity index (χ3v) is 3.07. The number of aromatic nitrogens is 2. The summed E-state index contributed by atoms with van der Waals surface area (Å²) in [6.45, 7) is 3.87. The van der Waals surface area contributed by atoms with Crippen LogP contribution in [0.25, 0.3) is 0 Å². The Morgan fingerprint density at radius 1 is 1.26 bits per heavy atom. The highest BCUT2D eigenvalue weighted by Gasteiger charge is 2.08. The topological polar surface area (TPSA) is 78.9 Å². The van der Waals surface area contributed by atoms with Crippen molar-refractivity contribution >= 4 is 17.3 Å². The van der Waals surface area contributed by atoms with Crippen LogP contribution in [0.3, 0.4) is 0 Å². The van der Waals surface area contributed by atoms with Crippen LogP contribution in [-0.2, 0) is 0 Å². The summed E-state index contributed by atoms with van der Waals surface area (Å²) in [5.74, 6) is 0.824. The molecule has 3 N–H and O–H groups in total. The first kappa shape index (κ1) is 13.0. The van der Waals surface area contributed by atoms with Gasteiger partial charge in [-0.3, -0.25) is 10.4 Å². The van der Waals surface area contributed by atoms with Crippen molar-refractivity contribution in [3.8, 4) is 0 Å². The fourth-order valence-electron chi connectivity index (χ4n) is 1.71. The van der Waals surface area contributed by atoms with E-state index in [1.54, 1.807) is 6.20 Å². The Labute approximate surface area is 112 Å². The highest BCUT2D eigenvalue weighted by Crippen LogP contribution is 2.22. The van der Waals surface area contributed by atoms with E-state index in [1.165, 1.54) is 0 Å². The molecule has 0 atom stereocenters. The summed E-state index contributed by atoms with van der Waals surface area (Å²) in [5, 5.41) is 7.47. The lowest BCUT2D eigenvalue weighted by atomic mass is 10.2. The molecule has 0 amide bonds. The fourth-order valence-corrected chi connectivity index (χ4v) is 1.71. The van der Waals surface area contributed by atoms with Crippen LogP contribution in [0.5, 0.6) is 0 Å². The molecule has 0 unspecified atom stereocenters. The Hall–Kier alpha value is -2.43. The molecule has 0 spiro atoms. The van der Waals surface area contributed by atoms with Crippen molar-refractivity contribution in [3.63, 3.8) is 0 Å². The number of nitrogen functional groups attached to an aromatic ring is 1. The van der Waals surface area contributed by atoms with Gasteiger partial charge in [0.25, 0.3) is 0 Å². The largest absolute Gasteiger partial charge is 0.384 e. The number of anilines is 2. The van der Waals surface area contributed by atoms with E-state index in [0.717, 1.165) is 22.9 Å². The molecule has 1 heterocycles. The van der Waals surface area contributed by atoms with Gasteiger partial charge in [0.1, 0.15) is 5.84 Å². The van der Waals surface area contributed by atoms with Crippen molar-refractivity contribution in [2.45, 2.75) is 13.8 Å². The molecule has 98 valence electrons. The van der Waals surface area contributed by atoms with E-state index in [9.17, 15) is 0 Å². The lowest BCUT2D eigenvalue weighted by Gasteiger charge is -2.19. The lowest BCUT2D eigenvalue weighted by molar-refractivity contribution is 1.01. The van der Waals surface area contributed by atoms with Crippen LogP contribution in [-0.4, -0.2) is 22.9 Å². The Morgan fingerprint density at radius 2 is 2.00 bits per heavy atom. The zero-order chi connectivity index (χ0) is 14.0. The molecule has 0 bridgehead atoms. The van der Waals surface area contributed by atoms with Crippen molar-refractivity contribution in [1.29, 1.82) is 5.41 Å². The van der Waals surface area contributed by atoms with Gasteiger partial charge >= 0.3 is 0 Å². The van der Waals surface area contributed by atoms with E-state index in [0.29, 0.717) is 5.56 Å². The summed E-state index contributed by atoms with van der Waals surface area (Å²) in [4.78, 5) is 10.7. The van der Waals surface area contributed by atoms with Gasteiger partial charge in [-0.2, -0.15) is 0 Å². The van der Waals surface area contributed by atoms with Crippen LogP contribution >= 0.6 is 0 Å². The number of benzene rings is 1. The third-order valence-electron chi connectivity index (χ3n) is 3.07. The molecule has 5 heteroatoms. The van der Waals surface area contributed by atoms with Gasteiger partial charge in [-0.25, -0.2) is 4.98 Å². The molecule has 2 aromatic rings. The van der Waals surface area contributed by atoms with Crippen molar-refractivity contribution in [1.82, 2.24) is 9.97 Å². The minimum absolute atomic E-state index is 0.0569. The number of hydrogen-bond acceptors (Lipinski definition) is 4. The average molecular weight is 255 g/mol. The maximum atomic E-state index is 7.47. The molecule has 0 aliphatic rings. The maximum Gasteiger partial charge on any atom is 0.151 e. The zero-order valence-corrected chi connectivity index (χ0v) is 11.3. The van der Waals surface area contributed by atoms with Gasteiger partial charge in [0.2, 0.25) is 0 Å². The molecule has 0 aliphatic carbocycles. The predicted molar refractivity (Wildman–Crippen MR) is 77.0 cm³/mol. The molecular formula is C14H17N5. The quantitative estimate of drug-likeness (QED) is 0.650. The normalized spacial score (nSPS) is 10.3. The number of nitrogens with one attached hydrogen (secondary N) is 1. The van der Waals surface area contributed by atoms with Gasteiger partial charge in [-0.05, 0) is 26.0 Å². The summed E-state index contributed by atoms with van der Waals surface area (Å²) in [5.41, 5.74) is 8.95. The van der Waals surface area contributed by atoms with Crippen molar-refractivity contribution in [2.24, 2.45) is 5.73 Å². The first-order chi connectivity index (χ1) is 8.99. The smallest absolute Gasteiger partial charge is 0.151 e. The van der Waals surface area contributed by atoms with Crippen LogP contribution in [0.15, 0.2) is 30.5 Å². The Bertz CT molecular complexity index is 621. The van der Waals surface area contributed by atoms with Gasteiger partial charge in [0, 0.05) is 18.3 Å². The minimum atomic E-state index is 0.0569. The van der Waals surface area contributed by atoms with Crippen LogP contribution in [0.2, 0.25) is 0 Å². The molecule has 2 rings (SSSR count). The third kappa shape index (κ3) is 2.70. The first-order valence-electron chi connectivity index (χ1n) is 5.97. The first-order valence-corrected chi connectivity index (χ1v) is 5.97. The SMILES string of the molecule is Cc1ncc(N(C)c2cccc(C(=N)N)c2)nc1C. The summed E-state index contributed by atoms with van der Waals surface area (Å²) in [6.07, 6.45) is 1.74. The van der Waals surface area contributed by atoms with Crippen LogP contribution in [0, 0.1) is 19.3 Å². The Morgan fingerprint density at radius 3 is 2.63 bits per heavy atom. The average Bonchev–Trinajstić information content (AvgIpc) is 2.41. The van der Waals surface area contributed by atoms with E-state index >= 15 is 0 Å². The predicted octanol–water partition coefficient (Wildman–Crippen LogP) is 2.15. The number of nitrogens with two attached hydrogens (primary N) is 1. The molecule has 0 saturated heterocycles. The van der Waals surface area contributed by atoms with Crippen LogP contribution < -0.4 is 10.6 Å². The number of rotatable bonds is 3. The van der Waals surface area contributed by atoms with Crippen LogP contribution in [0.1, 0.15) is 17.0 Å². The number of hydrogen-bond donors (Lipinski definition) is 2. The van der Waals surface area contributed by atoms with Crippen molar-refractivity contribution < 1.29 is 0 Å². The fraction of sp³-hybridized carbons (Fsp3) is 0.214. The maximum absolute atomic E-state index is 7.47. The molecule has 1 aromatic carbocycles. The summed E-state index contributed by atoms with van der Waals surface area (Å²) in [7, 11) is 1.91. The van der Waals surface area contributed by atoms with Crippen LogP contribution in [0.4, 0.5) is 11.5 Å². The summed E-state index contributed by atoms with van der Waals surface area (Å²) >= 11 is 0. The van der Waals surface area contributed by atoms with Gasteiger partial charge in [-0.1, -0.05) is 12.1 Å².